The van der Waals surface area contributed by atoms with Crippen LogP contribution in [0.25, 0.3) is 0 Å². The molecule has 17 heavy (non-hydrogen) atoms. The third-order valence-electron chi connectivity index (χ3n) is 3.27. The predicted octanol–water partition coefficient (Wildman–Crippen LogP) is 2.45. The van der Waals surface area contributed by atoms with Crippen LogP contribution in [0.3, 0.4) is 0 Å². The molecule has 2 N–H and O–H groups in total. The van der Waals surface area contributed by atoms with Gasteiger partial charge in [-0.15, -0.1) is 0 Å². The SMILES string of the molecule is CC1CCC(N)(c2nc(C(F)(F)F)no2)CC1. The molecule has 0 spiro atoms. The second-order valence-corrected chi connectivity index (χ2v) is 4.76. The zero-order valence-electron chi connectivity index (χ0n) is 9.42. The van der Waals surface area contributed by atoms with Crippen LogP contribution in [0.5, 0.6) is 0 Å². The van der Waals surface area contributed by atoms with Gasteiger partial charge < -0.3 is 10.3 Å². The fourth-order valence-electron chi connectivity index (χ4n) is 2.03. The molecule has 0 bridgehead atoms. The van der Waals surface area contributed by atoms with E-state index in [9.17, 15) is 13.2 Å². The highest BCUT2D eigenvalue weighted by Gasteiger charge is 2.42. The van der Waals surface area contributed by atoms with E-state index in [-0.39, 0.29) is 5.89 Å². The minimum atomic E-state index is -4.58. The molecule has 0 radical (unpaired) electrons. The van der Waals surface area contributed by atoms with Crippen molar-refractivity contribution < 1.29 is 17.7 Å². The van der Waals surface area contributed by atoms with Gasteiger partial charge in [0.2, 0.25) is 5.89 Å². The molecule has 7 heteroatoms. The van der Waals surface area contributed by atoms with Gasteiger partial charge in [-0.2, -0.15) is 18.2 Å². The summed E-state index contributed by atoms with van der Waals surface area (Å²) in [5.74, 6) is -0.815. The lowest BCUT2D eigenvalue weighted by molar-refractivity contribution is -0.146. The average Bonchev–Trinajstić information content (AvgIpc) is 2.72. The lowest BCUT2D eigenvalue weighted by Crippen LogP contribution is -2.40. The van der Waals surface area contributed by atoms with Crippen LogP contribution in [0.4, 0.5) is 13.2 Å². The number of aromatic nitrogens is 2. The predicted molar refractivity (Wildman–Crippen MR) is 52.8 cm³/mol. The summed E-state index contributed by atoms with van der Waals surface area (Å²) in [5, 5.41) is 2.94. The molecule has 1 aliphatic rings. The number of hydrogen-bond donors (Lipinski definition) is 1. The topological polar surface area (TPSA) is 64.9 Å². The van der Waals surface area contributed by atoms with E-state index in [1.807, 2.05) is 0 Å². The lowest BCUT2D eigenvalue weighted by atomic mass is 9.78. The summed E-state index contributed by atoms with van der Waals surface area (Å²) in [4.78, 5) is 3.37. The Hall–Kier alpha value is -1.11. The third-order valence-corrected chi connectivity index (χ3v) is 3.27. The Labute approximate surface area is 96.4 Å². The first kappa shape index (κ1) is 12.3. The van der Waals surface area contributed by atoms with E-state index >= 15 is 0 Å². The first-order valence-electron chi connectivity index (χ1n) is 5.51. The molecule has 0 aliphatic heterocycles. The van der Waals surface area contributed by atoms with Crippen LogP contribution in [-0.4, -0.2) is 10.1 Å². The van der Waals surface area contributed by atoms with Crippen molar-refractivity contribution in [3.63, 3.8) is 0 Å². The van der Waals surface area contributed by atoms with Gasteiger partial charge in [0.1, 0.15) is 0 Å². The monoisotopic (exact) mass is 249 g/mol. The van der Waals surface area contributed by atoms with Crippen molar-refractivity contribution in [2.45, 2.75) is 44.3 Å². The summed E-state index contributed by atoms with van der Waals surface area (Å²) >= 11 is 0. The highest BCUT2D eigenvalue weighted by Crippen LogP contribution is 2.37. The van der Waals surface area contributed by atoms with E-state index in [0.717, 1.165) is 12.8 Å². The third kappa shape index (κ3) is 2.43. The summed E-state index contributed by atoms with van der Waals surface area (Å²) in [7, 11) is 0. The van der Waals surface area contributed by atoms with Gasteiger partial charge in [-0.1, -0.05) is 12.1 Å². The Morgan fingerprint density at radius 3 is 2.41 bits per heavy atom. The maximum Gasteiger partial charge on any atom is 0.455 e. The first-order valence-corrected chi connectivity index (χ1v) is 5.51. The second-order valence-electron chi connectivity index (χ2n) is 4.76. The van der Waals surface area contributed by atoms with Gasteiger partial charge in [0.25, 0.3) is 5.82 Å². The Balaban J connectivity index is 2.20. The first-order chi connectivity index (χ1) is 7.81. The molecule has 1 aromatic heterocycles. The average molecular weight is 249 g/mol. The van der Waals surface area contributed by atoms with Crippen molar-refractivity contribution in [3.8, 4) is 0 Å². The Morgan fingerprint density at radius 2 is 1.94 bits per heavy atom. The molecule has 96 valence electrons. The van der Waals surface area contributed by atoms with Gasteiger partial charge in [0.15, 0.2) is 0 Å². The molecule has 4 nitrogen and oxygen atoms in total. The summed E-state index contributed by atoms with van der Waals surface area (Å²) in [6, 6.07) is 0. The largest absolute Gasteiger partial charge is 0.455 e. The summed E-state index contributed by atoms with van der Waals surface area (Å²) in [6.07, 6.45) is -1.71. The molecule has 0 saturated heterocycles. The van der Waals surface area contributed by atoms with Crippen LogP contribution in [0.15, 0.2) is 4.52 Å². The molecule has 1 saturated carbocycles. The summed E-state index contributed by atoms with van der Waals surface area (Å²) in [5.41, 5.74) is 5.14. The van der Waals surface area contributed by atoms with Crippen LogP contribution in [0.2, 0.25) is 0 Å². The normalized spacial score (nSPS) is 30.5. The van der Waals surface area contributed by atoms with E-state index in [1.165, 1.54) is 0 Å². The molecule has 1 heterocycles. The molecular formula is C10H14F3N3O. The number of nitrogens with two attached hydrogens (primary N) is 1. The minimum absolute atomic E-state index is 0.100. The van der Waals surface area contributed by atoms with Gasteiger partial charge in [-0.05, 0) is 31.6 Å². The lowest BCUT2D eigenvalue weighted by Gasteiger charge is -2.32. The van der Waals surface area contributed by atoms with Gasteiger partial charge in [0.05, 0.1) is 5.54 Å². The molecule has 0 atom stereocenters. The molecular weight excluding hydrogens is 235 g/mol. The van der Waals surface area contributed by atoms with Gasteiger partial charge in [-0.25, -0.2) is 0 Å². The van der Waals surface area contributed by atoms with Gasteiger partial charge in [0, 0.05) is 0 Å². The molecule has 1 aromatic rings. The molecule has 2 rings (SSSR count). The van der Waals surface area contributed by atoms with Crippen molar-refractivity contribution >= 4 is 0 Å². The van der Waals surface area contributed by atoms with Gasteiger partial charge in [-0.3, -0.25) is 0 Å². The van der Waals surface area contributed by atoms with E-state index in [0.29, 0.717) is 18.8 Å². The van der Waals surface area contributed by atoms with Crippen LogP contribution in [0, 0.1) is 5.92 Å². The number of halogens is 3. The van der Waals surface area contributed by atoms with Crippen molar-refractivity contribution in [3.05, 3.63) is 11.7 Å². The van der Waals surface area contributed by atoms with E-state index < -0.39 is 17.5 Å². The number of alkyl halides is 3. The molecule has 1 fully saturated rings. The highest BCUT2D eigenvalue weighted by atomic mass is 19.4. The molecule has 1 aliphatic carbocycles. The fraction of sp³-hybridized carbons (Fsp3) is 0.800. The van der Waals surface area contributed by atoms with E-state index in [1.54, 1.807) is 0 Å². The number of rotatable bonds is 1. The van der Waals surface area contributed by atoms with Crippen molar-refractivity contribution in [1.82, 2.24) is 10.1 Å². The smallest absolute Gasteiger partial charge is 0.337 e. The van der Waals surface area contributed by atoms with E-state index in [2.05, 4.69) is 21.6 Å². The van der Waals surface area contributed by atoms with Gasteiger partial charge >= 0.3 is 6.18 Å². The van der Waals surface area contributed by atoms with Crippen LogP contribution < -0.4 is 5.73 Å². The van der Waals surface area contributed by atoms with Crippen LogP contribution in [-0.2, 0) is 11.7 Å². The van der Waals surface area contributed by atoms with E-state index in [4.69, 9.17) is 5.73 Å². The molecule has 0 unspecified atom stereocenters. The maximum absolute atomic E-state index is 12.3. The minimum Gasteiger partial charge on any atom is -0.337 e. The van der Waals surface area contributed by atoms with Crippen molar-refractivity contribution in [2.24, 2.45) is 11.7 Å². The highest BCUT2D eigenvalue weighted by molar-refractivity contribution is 5.05. The fourth-order valence-corrected chi connectivity index (χ4v) is 2.03. The van der Waals surface area contributed by atoms with Crippen molar-refractivity contribution in [2.75, 3.05) is 0 Å². The zero-order chi connectivity index (χ0) is 12.7. The number of nitrogens with zero attached hydrogens (tertiary/aromatic N) is 2. The van der Waals surface area contributed by atoms with Crippen molar-refractivity contribution in [1.29, 1.82) is 0 Å². The standard InChI is InChI=1S/C10H14F3N3O/c1-6-2-4-9(14,5-3-6)8-15-7(16-17-8)10(11,12)13/h6H,2-5,14H2,1H3. The number of hydrogen-bond acceptors (Lipinski definition) is 4. The Kier molecular flexibility index (Phi) is 2.89. The Bertz CT molecular complexity index is 394. The molecule has 0 amide bonds. The van der Waals surface area contributed by atoms with Crippen LogP contribution in [0.1, 0.15) is 44.3 Å². The second kappa shape index (κ2) is 3.97. The maximum atomic E-state index is 12.3. The summed E-state index contributed by atoms with van der Waals surface area (Å²) in [6.45, 7) is 2.09. The Morgan fingerprint density at radius 1 is 1.35 bits per heavy atom. The van der Waals surface area contributed by atoms with Crippen LogP contribution >= 0.6 is 0 Å². The molecule has 0 aromatic carbocycles. The zero-order valence-corrected chi connectivity index (χ0v) is 9.42. The summed E-state index contributed by atoms with van der Waals surface area (Å²) < 4.78 is 41.7. The quantitative estimate of drug-likeness (QED) is 0.830.